The van der Waals surface area contributed by atoms with Crippen molar-refractivity contribution in [2.45, 2.75) is 36.9 Å². The van der Waals surface area contributed by atoms with E-state index in [4.69, 9.17) is 5.11 Å². The summed E-state index contributed by atoms with van der Waals surface area (Å²) in [4.78, 5) is 28.7. The fourth-order valence-corrected chi connectivity index (χ4v) is 2.70. The minimum absolute atomic E-state index is 0.0840. The van der Waals surface area contributed by atoms with E-state index in [9.17, 15) is 18.0 Å². The van der Waals surface area contributed by atoms with Gasteiger partial charge in [-0.1, -0.05) is 0 Å². The fraction of sp³-hybridized carbons (Fsp3) is 0.462. The first kappa shape index (κ1) is 16.4. The second kappa shape index (κ2) is 6.01. The van der Waals surface area contributed by atoms with E-state index in [1.807, 2.05) is 0 Å². The van der Waals surface area contributed by atoms with Crippen molar-refractivity contribution in [2.75, 3.05) is 7.05 Å². The minimum Gasteiger partial charge on any atom is -0.480 e. The van der Waals surface area contributed by atoms with Crippen molar-refractivity contribution in [3.05, 3.63) is 23.9 Å². The minimum atomic E-state index is -3.67. The lowest BCUT2D eigenvalue weighted by Gasteiger charge is -2.26. The molecule has 22 heavy (non-hydrogen) atoms. The molecule has 2 rings (SSSR count). The third-order valence-electron chi connectivity index (χ3n) is 3.48. The molecule has 0 aliphatic heterocycles. The zero-order valence-corrected chi connectivity index (χ0v) is 13.0. The van der Waals surface area contributed by atoms with Gasteiger partial charge >= 0.3 is 5.97 Å². The van der Waals surface area contributed by atoms with Gasteiger partial charge in [-0.3, -0.25) is 4.79 Å². The Labute approximate surface area is 128 Å². The molecule has 0 saturated heterocycles. The van der Waals surface area contributed by atoms with Crippen LogP contribution in [-0.4, -0.2) is 54.4 Å². The van der Waals surface area contributed by atoms with E-state index in [0.29, 0.717) is 0 Å². The number of pyridine rings is 1. The standard InChI is InChI=1S/C13H17N3O5S/c1-8(13(18)19)16(10-4-5-10)12(17)9-3-6-11(15-7-9)22(20,21)14-2/h3,6-8,10,14H,4-5H2,1-2H3,(H,18,19). The van der Waals surface area contributed by atoms with Gasteiger partial charge in [0.2, 0.25) is 0 Å². The van der Waals surface area contributed by atoms with E-state index < -0.39 is 27.9 Å². The smallest absolute Gasteiger partial charge is 0.326 e. The number of carbonyl (C=O) groups excluding carboxylic acids is 1. The van der Waals surface area contributed by atoms with Crippen LogP contribution in [-0.2, 0) is 14.8 Å². The molecule has 1 fully saturated rings. The van der Waals surface area contributed by atoms with Crippen molar-refractivity contribution in [1.29, 1.82) is 0 Å². The van der Waals surface area contributed by atoms with E-state index in [1.54, 1.807) is 0 Å². The summed E-state index contributed by atoms with van der Waals surface area (Å²) in [6.45, 7) is 1.45. The number of hydrogen-bond acceptors (Lipinski definition) is 5. The number of amides is 1. The van der Waals surface area contributed by atoms with E-state index in [0.717, 1.165) is 19.0 Å². The molecule has 1 unspecified atom stereocenters. The van der Waals surface area contributed by atoms with Crippen LogP contribution in [0.4, 0.5) is 0 Å². The Morgan fingerprint density at radius 1 is 1.41 bits per heavy atom. The second-order valence-corrected chi connectivity index (χ2v) is 6.88. The molecule has 120 valence electrons. The maximum Gasteiger partial charge on any atom is 0.326 e. The number of aliphatic carboxylic acids is 1. The third kappa shape index (κ3) is 3.25. The molecule has 1 saturated carbocycles. The van der Waals surface area contributed by atoms with Crippen LogP contribution in [0.25, 0.3) is 0 Å². The first-order valence-electron chi connectivity index (χ1n) is 6.73. The van der Waals surface area contributed by atoms with Crippen LogP contribution in [0.2, 0.25) is 0 Å². The first-order chi connectivity index (χ1) is 10.3. The van der Waals surface area contributed by atoms with Gasteiger partial charge in [0.25, 0.3) is 15.9 Å². The molecule has 1 aromatic heterocycles. The largest absolute Gasteiger partial charge is 0.480 e. The van der Waals surface area contributed by atoms with Crippen molar-refractivity contribution in [1.82, 2.24) is 14.6 Å². The molecule has 0 aromatic carbocycles. The summed E-state index contributed by atoms with van der Waals surface area (Å²) >= 11 is 0. The van der Waals surface area contributed by atoms with Gasteiger partial charge in [0.05, 0.1) is 5.56 Å². The average molecular weight is 327 g/mol. The number of carboxylic acids is 1. The molecular weight excluding hydrogens is 310 g/mol. The Hall–Kier alpha value is -2.00. The summed E-state index contributed by atoms with van der Waals surface area (Å²) in [6, 6.07) is 1.53. The summed E-state index contributed by atoms with van der Waals surface area (Å²) in [7, 11) is -2.41. The highest BCUT2D eigenvalue weighted by atomic mass is 32.2. The molecule has 8 nitrogen and oxygen atoms in total. The third-order valence-corrected chi connectivity index (χ3v) is 4.81. The Morgan fingerprint density at radius 2 is 2.05 bits per heavy atom. The molecule has 9 heteroatoms. The average Bonchev–Trinajstić information content (AvgIpc) is 3.32. The molecule has 1 aliphatic carbocycles. The number of rotatable bonds is 6. The number of carbonyl (C=O) groups is 2. The fourth-order valence-electron chi connectivity index (χ4n) is 2.05. The van der Waals surface area contributed by atoms with Crippen molar-refractivity contribution < 1.29 is 23.1 Å². The van der Waals surface area contributed by atoms with E-state index in [2.05, 4.69) is 9.71 Å². The van der Waals surface area contributed by atoms with Crippen LogP contribution in [0.1, 0.15) is 30.1 Å². The van der Waals surface area contributed by atoms with Crippen LogP contribution in [0, 0.1) is 0 Å². The number of carboxylic acid groups (broad SMARTS) is 1. The van der Waals surface area contributed by atoms with Crippen molar-refractivity contribution in [3.63, 3.8) is 0 Å². The van der Waals surface area contributed by atoms with Crippen molar-refractivity contribution in [3.8, 4) is 0 Å². The molecular formula is C13H17N3O5S. The number of nitrogens with zero attached hydrogens (tertiary/aromatic N) is 2. The highest BCUT2D eigenvalue weighted by Crippen LogP contribution is 2.30. The van der Waals surface area contributed by atoms with Gasteiger partial charge in [0, 0.05) is 12.2 Å². The molecule has 1 atom stereocenters. The molecule has 1 aromatic rings. The second-order valence-electron chi connectivity index (χ2n) is 5.05. The monoisotopic (exact) mass is 327 g/mol. The molecule has 0 spiro atoms. The zero-order chi connectivity index (χ0) is 16.5. The molecule has 1 aliphatic rings. The van der Waals surface area contributed by atoms with Gasteiger partial charge in [0.1, 0.15) is 6.04 Å². The zero-order valence-electron chi connectivity index (χ0n) is 12.2. The summed E-state index contributed by atoms with van der Waals surface area (Å²) in [5.74, 6) is -1.54. The van der Waals surface area contributed by atoms with Gasteiger partial charge in [0.15, 0.2) is 5.03 Å². The molecule has 0 bridgehead atoms. The Balaban J connectivity index is 2.26. The molecule has 0 radical (unpaired) electrons. The summed E-state index contributed by atoms with van der Waals surface area (Å²) in [5, 5.41) is 8.91. The predicted octanol–water partition coefficient (Wildman–Crippen LogP) is 0.0674. The highest BCUT2D eigenvalue weighted by molar-refractivity contribution is 7.89. The molecule has 1 amide bonds. The van der Waals surface area contributed by atoms with Gasteiger partial charge in [-0.2, -0.15) is 0 Å². The number of hydrogen-bond donors (Lipinski definition) is 2. The normalized spacial score (nSPS) is 16.1. The maximum atomic E-state index is 12.5. The predicted molar refractivity (Wildman–Crippen MR) is 76.8 cm³/mol. The lowest BCUT2D eigenvalue weighted by Crippen LogP contribution is -2.44. The van der Waals surface area contributed by atoms with E-state index in [1.165, 1.54) is 31.0 Å². The summed E-state index contributed by atoms with van der Waals surface area (Å²) in [6.07, 6.45) is 2.68. The van der Waals surface area contributed by atoms with E-state index in [-0.39, 0.29) is 16.6 Å². The quantitative estimate of drug-likeness (QED) is 0.763. The SMILES string of the molecule is CNS(=O)(=O)c1ccc(C(=O)N(C2CC2)C(C)C(=O)O)cn1. The van der Waals surface area contributed by atoms with Crippen LogP contribution >= 0.6 is 0 Å². The summed E-state index contributed by atoms with van der Waals surface area (Å²) in [5.41, 5.74) is 0.162. The van der Waals surface area contributed by atoms with Crippen molar-refractivity contribution in [2.24, 2.45) is 0 Å². The topological polar surface area (TPSA) is 117 Å². The van der Waals surface area contributed by atoms with Crippen LogP contribution in [0.5, 0.6) is 0 Å². The Morgan fingerprint density at radius 3 is 2.45 bits per heavy atom. The van der Waals surface area contributed by atoms with Crippen LogP contribution in [0.3, 0.4) is 0 Å². The van der Waals surface area contributed by atoms with Gasteiger partial charge in [-0.15, -0.1) is 0 Å². The first-order valence-corrected chi connectivity index (χ1v) is 8.21. The number of sulfonamides is 1. The summed E-state index contributed by atoms with van der Waals surface area (Å²) < 4.78 is 25.3. The number of nitrogens with one attached hydrogen (secondary N) is 1. The van der Waals surface area contributed by atoms with Crippen LogP contribution < -0.4 is 4.72 Å². The Bertz CT molecular complexity index is 682. The molecule has 2 N–H and O–H groups in total. The lowest BCUT2D eigenvalue weighted by molar-refractivity contribution is -0.141. The highest BCUT2D eigenvalue weighted by Gasteiger charge is 2.38. The van der Waals surface area contributed by atoms with Gasteiger partial charge < -0.3 is 10.0 Å². The lowest BCUT2D eigenvalue weighted by atomic mass is 10.2. The van der Waals surface area contributed by atoms with Crippen LogP contribution in [0.15, 0.2) is 23.4 Å². The Kier molecular flexibility index (Phi) is 4.47. The van der Waals surface area contributed by atoms with Crippen molar-refractivity contribution >= 4 is 21.9 Å². The van der Waals surface area contributed by atoms with Gasteiger partial charge in [-0.25, -0.2) is 22.9 Å². The number of aromatic nitrogens is 1. The van der Waals surface area contributed by atoms with Gasteiger partial charge in [-0.05, 0) is 38.9 Å². The maximum absolute atomic E-state index is 12.5. The molecule has 1 heterocycles. The van der Waals surface area contributed by atoms with E-state index >= 15 is 0 Å².